The third-order valence-corrected chi connectivity index (χ3v) is 3.81. The van der Waals surface area contributed by atoms with Crippen molar-refractivity contribution in [2.75, 3.05) is 12.4 Å². The number of hydrogen-bond acceptors (Lipinski definition) is 5. The minimum absolute atomic E-state index is 0.142. The Hall–Kier alpha value is -1.84. The number of terminal acetylenes is 1. The fourth-order valence-corrected chi connectivity index (χ4v) is 2.54. The Morgan fingerprint density at radius 3 is 2.68 bits per heavy atom. The van der Waals surface area contributed by atoms with Crippen molar-refractivity contribution in [2.24, 2.45) is 5.73 Å². The van der Waals surface area contributed by atoms with Gasteiger partial charge in [0, 0.05) is 11.3 Å². The zero-order valence-electron chi connectivity index (χ0n) is 11.1. The largest absolute Gasteiger partial charge is 0.465 e. The molecule has 0 aromatic carbocycles. The molecule has 1 amide bonds. The molecule has 1 heterocycles. The van der Waals surface area contributed by atoms with E-state index in [0.717, 1.165) is 10.4 Å². The molecule has 0 spiro atoms. The van der Waals surface area contributed by atoms with Crippen molar-refractivity contribution in [1.29, 1.82) is 0 Å². The second-order valence-corrected chi connectivity index (χ2v) is 5.21. The summed E-state index contributed by atoms with van der Waals surface area (Å²) in [4.78, 5) is 24.5. The van der Waals surface area contributed by atoms with Crippen LogP contribution in [0.2, 0.25) is 0 Å². The van der Waals surface area contributed by atoms with Crippen LogP contribution in [-0.4, -0.2) is 25.0 Å². The summed E-state index contributed by atoms with van der Waals surface area (Å²) in [5, 5.41) is 3.07. The fourth-order valence-electron chi connectivity index (χ4n) is 1.49. The number of anilines is 1. The summed E-state index contributed by atoms with van der Waals surface area (Å²) in [6.45, 7) is 3.67. The maximum absolute atomic E-state index is 11.8. The number of hydrogen-bond donors (Lipinski definition) is 2. The fraction of sp³-hybridized carbons (Fsp3) is 0.385. The molecule has 0 saturated heterocycles. The molecule has 0 aliphatic rings. The highest BCUT2D eigenvalue weighted by Crippen LogP contribution is 2.32. The SMILES string of the molecule is C#CCC(N)C(=O)Nc1sc(C)c(C)c1C(=O)OC. The van der Waals surface area contributed by atoms with Crippen molar-refractivity contribution in [3.8, 4) is 12.3 Å². The monoisotopic (exact) mass is 280 g/mol. The summed E-state index contributed by atoms with van der Waals surface area (Å²) in [5.74, 6) is 1.43. The highest BCUT2D eigenvalue weighted by atomic mass is 32.1. The van der Waals surface area contributed by atoms with Gasteiger partial charge in [0.25, 0.3) is 0 Å². The summed E-state index contributed by atoms with van der Waals surface area (Å²) in [7, 11) is 1.30. The molecule has 0 aliphatic carbocycles. The summed E-state index contributed by atoms with van der Waals surface area (Å²) < 4.78 is 4.71. The van der Waals surface area contributed by atoms with Gasteiger partial charge in [-0.1, -0.05) is 0 Å². The first-order valence-electron chi connectivity index (χ1n) is 5.60. The molecule has 19 heavy (non-hydrogen) atoms. The van der Waals surface area contributed by atoms with Gasteiger partial charge in [0.15, 0.2) is 0 Å². The van der Waals surface area contributed by atoms with Gasteiger partial charge in [-0.15, -0.1) is 23.7 Å². The molecule has 1 rings (SSSR count). The van der Waals surface area contributed by atoms with E-state index >= 15 is 0 Å². The summed E-state index contributed by atoms with van der Waals surface area (Å²) in [6.07, 6.45) is 5.25. The van der Waals surface area contributed by atoms with Crippen molar-refractivity contribution in [2.45, 2.75) is 26.3 Å². The minimum Gasteiger partial charge on any atom is -0.465 e. The van der Waals surface area contributed by atoms with E-state index in [1.807, 2.05) is 6.92 Å². The quantitative estimate of drug-likeness (QED) is 0.646. The predicted octanol–water partition coefficient (Wildman–Crippen LogP) is 1.44. The van der Waals surface area contributed by atoms with E-state index in [9.17, 15) is 9.59 Å². The number of carbonyl (C=O) groups is 2. The van der Waals surface area contributed by atoms with Crippen molar-refractivity contribution in [3.05, 3.63) is 16.0 Å². The molecule has 1 aromatic heterocycles. The Balaban J connectivity index is 3.02. The molecule has 0 fully saturated rings. The maximum atomic E-state index is 11.8. The van der Waals surface area contributed by atoms with Crippen molar-refractivity contribution in [3.63, 3.8) is 0 Å². The zero-order chi connectivity index (χ0) is 14.6. The van der Waals surface area contributed by atoms with Gasteiger partial charge in [-0.25, -0.2) is 4.79 Å². The minimum atomic E-state index is -0.793. The number of esters is 1. The highest BCUT2D eigenvalue weighted by Gasteiger charge is 2.23. The highest BCUT2D eigenvalue weighted by molar-refractivity contribution is 7.16. The van der Waals surface area contributed by atoms with Crippen LogP contribution in [0.25, 0.3) is 0 Å². The Morgan fingerprint density at radius 2 is 2.16 bits per heavy atom. The normalized spacial score (nSPS) is 11.5. The predicted molar refractivity (Wildman–Crippen MR) is 75.2 cm³/mol. The van der Waals surface area contributed by atoms with Gasteiger partial charge >= 0.3 is 5.97 Å². The molecule has 0 aliphatic heterocycles. The number of thiophene rings is 1. The molecule has 1 atom stereocenters. The number of aryl methyl sites for hydroxylation is 1. The Bertz CT molecular complexity index is 543. The molecule has 1 unspecified atom stereocenters. The number of rotatable bonds is 4. The van der Waals surface area contributed by atoms with Gasteiger partial charge in [-0.05, 0) is 19.4 Å². The smallest absolute Gasteiger partial charge is 0.341 e. The van der Waals surface area contributed by atoms with E-state index in [1.165, 1.54) is 18.4 Å². The molecule has 102 valence electrons. The number of ether oxygens (including phenoxy) is 1. The lowest BCUT2D eigenvalue weighted by Gasteiger charge is -2.09. The molecule has 0 radical (unpaired) electrons. The number of nitrogens with two attached hydrogens (primary N) is 1. The number of methoxy groups -OCH3 is 1. The van der Waals surface area contributed by atoms with Gasteiger partial charge in [0.05, 0.1) is 18.7 Å². The lowest BCUT2D eigenvalue weighted by Crippen LogP contribution is -2.35. The van der Waals surface area contributed by atoms with E-state index in [-0.39, 0.29) is 6.42 Å². The standard InChI is InChI=1S/C13H16N2O3S/c1-5-6-9(14)11(16)15-12-10(13(17)18-4)7(2)8(3)19-12/h1,9H,6,14H2,2-4H3,(H,15,16). The third kappa shape index (κ3) is 3.34. The lowest BCUT2D eigenvalue weighted by atomic mass is 10.1. The average molecular weight is 280 g/mol. The Labute approximate surface area is 116 Å². The number of nitrogens with one attached hydrogen (secondary N) is 1. The molecular weight excluding hydrogens is 264 g/mol. The van der Waals surface area contributed by atoms with Crippen molar-refractivity contribution < 1.29 is 14.3 Å². The summed E-state index contributed by atoms with van der Waals surface area (Å²) in [6, 6.07) is -0.793. The lowest BCUT2D eigenvalue weighted by molar-refractivity contribution is -0.117. The first-order chi connectivity index (χ1) is 8.92. The summed E-state index contributed by atoms with van der Waals surface area (Å²) in [5.41, 5.74) is 6.77. The van der Waals surface area contributed by atoms with Crippen molar-refractivity contribution >= 4 is 28.2 Å². The van der Waals surface area contributed by atoms with E-state index in [4.69, 9.17) is 16.9 Å². The molecule has 1 aromatic rings. The maximum Gasteiger partial charge on any atom is 0.341 e. The van der Waals surface area contributed by atoms with E-state index in [2.05, 4.69) is 11.2 Å². The first kappa shape index (κ1) is 15.2. The molecule has 5 nitrogen and oxygen atoms in total. The summed E-state index contributed by atoms with van der Waals surface area (Å²) >= 11 is 1.31. The van der Waals surface area contributed by atoms with Crippen LogP contribution in [0.1, 0.15) is 27.2 Å². The molecule has 3 N–H and O–H groups in total. The van der Waals surface area contributed by atoms with Gasteiger partial charge in [0.2, 0.25) is 5.91 Å². The van der Waals surface area contributed by atoms with E-state index < -0.39 is 17.9 Å². The van der Waals surface area contributed by atoms with Crippen LogP contribution < -0.4 is 11.1 Å². The first-order valence-corrected chi connectivity index (χ1v) is 6.42. The van der Waals surface area contributed by atoms with E-state index in [1.54, 1.807) is 6.92 Å². The van der Waals surface area contributed by atoms with Crippen LogP contribution in [0.5, 0.6) is 0 Å². The Kier molecular flexibility index (Phi) is 5.10. The second-order valence-electron chi connectivity index (χ2n) is 3.98. The zero-order valence-corrected chi connectivity index (χ0v) is 11.9. The van der Waals surface area contributed by atoms with E-state index in [0.29, 0.717) is 10.6 Å². The molecule has 0 saturated carbocycles. The van der Waals surface area contributed by atoms with Crippen LogP contribution in [0.3, 0.4) is 0 Å². The van der Waals surface area contributed by atoms with Gasteiger partial charge in [0.1, 0.15) is 5.00 Å². The van der Waals surface area contributed by atoms with Gasteiger partial charge in [-0.3, -0.25) is 4.79 Å². The topological polar surface area (TPSA) is 81.4 Å². The average Bonchev–Trinajstić information content (AvgIpc) is 2.64. The van der Waals surface area contributed by atoms with Crippen LogP contribution in [0.4, 0.5) is 5.00 Å². The van der Waals surface area contributed by atoms with Crippen LogP contribution in [0, 0.1) is 26.2 Å². The van der Waals surface area contributed by atoms with Crippen LogP contribution in [0.15, 0.2) is 0 Å². The van der Waals surface area contributed by atoms with Crippen LogP contribution >= 0.6 is 11.3 Å². The molecule has 0 bridgehead atoms. The van der Waals surface area contributed by atoms with Gasteiger partial charge < -0.3 is 15.8 Å². The molecular formula is C13H16N2O3S. The number of amides is 1. The van der Waals surface area contributed by atoms with Crippen LogP contribution in [-0.2, 0) is 9.53 Å². The Morgan fingerprint density at radius 1 is 1.53 bits per heavy atom. The number of carbonyl (C=O) groups excluding carboxylic acids is 2. The van der Waals surface area contributed by atoms with Crippen molar-refractivity contribution in [1.82, 2.24) is 0 Å². The van der Waals surface area contributed by atoms with Gasteiger partial charge in [-0.2, -0.15) is 0 Å². The third-order valence-electron chi connectivity index (χ3n) is 2.69. The molecule has 6 heteroatoms. The second kappa shape index (κ2) is 6.36.